The van der Waals surface area contributed by atoms with Crippen LogP contribution in [0, 0.1) is 10.1 Å². The zero-order valence-corrected chi connectivity index (χ0v) is 10.9. The Morgan fingerprint density at radius 2 is 2.17 bits per heavy atom. The van der Waals surface area contributed by atoms with Crippen molar-refractivity contribution in [2.45, 2.75) is 38.6 Å². The first kappa shape index (κ1) is 14.4. The number of nitrogens with two attached hydrogens (primary N) is 1. The van der Waals surface area contributed by atoms with Gasteiger partial charge in [0.1, 0.15) is 5.75 Å². The Labute approximate surface area is 107 Å². The molecule has 0 heterocycles. The first-order valence-corrected chi connectivity index (χ1v) is 6.15. The molecule has 1 atom stereocenters. The molecule has 1 aromatic rings. The first-order valence-electron chi connectivity index (χ1n) is 6.15. The van der Waals surface area contributed by atoms with Crippen LogP contribution in [0.15, 0.2) is 18.2 Å². The minimum absolute atomic E-state index is 0.0925. The molecule has 1 aromatic carbocycles. The number of nitro groups is 1. The maximum Gasteiger partial charge on any atom is 0.269 e. The molecule has 0 aliphatic rings. The highest BCUT2D eigenvalue weighted by molar-refractivity contribution is 5.43. The number of nitrogens with zero attached hydrogens (tertiary/aromatic N) is 1. The lowest BCUT2D eigenvalue weighted by molar-refractivity contribution is -0.384. The Kier molecular flexibility index (Phi) is 5.58. The molecule has 18 heavy (non-hydrogen) atoms. The molecule has 1 unspecified atom stereocenters. The number of ether oxygens (including phenoxy) is 1. The van der Waals surface area contributed by atoms with Gasteiger partial charge in [0.15, 0.2) is 0 Å². The van der Waals surface area contributed by atoms with Gasteiger partial charge in [-0.1, -0.05) is 13.3 Å². The highest BCUT2D eigenvalue weighted by Crippen LogP contribution is 2.25. The van der Waals surface area contributed by atoms with Crippen LogP contribution in [-0.2, 0) is 6.42 Å². The fourth-order valence-corrected chi connectivity index (χ4v) is 1.93. The fourth-order valence-electron chi connectivity index (χ4n) is 1.93. The maximum absolute atomic E-state index is 10.7. The highest BCUT2D eigenvalue weighted by atomic mass is 16.6. The normalized spacial score (nSPS) is 12.2. The topological polar surface area (TPSA) is 78.4 Å². The van der Waals surface area contributed by atoms with Crippen molar-refractivity contribution in [3.8, 4) is 5.75 Å². The Morgan fingerprint density at radius 1 is 1.44 bits per heavy atom. The van der Waals surface area contributed by atoms with Gasteiger partial charge in [-0.25, -0.2) is 0 Å². The quantitative estimate of drug-likeness (QED) is 0.597. The average molecular weight is 252 g/mol. The molecule has 0 bridgehead atoms. The zero-order chi connectivity index (χ0) is 13.5. The van der Waals surface area contributed by atoms with Gasteiger partial charge in [-0.15, -0.1) is 0 Å². The monoisotopic (exact) mass is 252 g/mol. The van der Waals surface area contributed by atoms with Crippen LogP contribution in [0.4, 0.5) is 5.69 Å². The van der Waals surface area contributed by atoms with Crippen molar-refractivity contribution in [3.05, 3.63) is 33.9 Å². The van der Waals surface area contributed by atoms with E-state index in [-0.39, 0.29) is 11.7 Å². The number of nitro benzene ring substituents is 1. The van der Waals surface area contributed by atoms with Gasteiger partial charge in [0.2, 0.25) is 0 Å². The van der Waals surface area contributed by atoms with E-state index in [2.05, 4.69) is 6.92 Å². The Morgan fingerprint density at radius 3 is 2.72 bits per heavy atom. The third kappa shape index (κ3) is 4.00. The summed E-state index contributed by atoms with van der Waals surface area (Å²) in [5.41, 5.74) is 6.88. The van der Waals surface area contributed by atoms with Crippen molar-refractivity contribution in [3.63, 3.8) is 0 Å². The Bertz CT molecular complexity index is 407. The standard InChI is InChI=1S/C13H20N2O3/c1-3-4-11(14)6-5-10-9-12(15(16)17)7-8-13(10)18-2/h7-9,11H,3-6,14H2,1-2H3. The van der Waals surface area contributed by atoms with Gasteiger partial charge in [0.25, 0.3) is 5.69 Å². The van der Waals surface area contributed by atoms with Crippen molar-refractivity contribution >= 4 is 5.69 Å². The lowest BCUT2D eigenvalue weighted by atomic mass is 10.0. The first-order chi connectivity index (χ1) is 8.58. The van der Waals surface area contributed by atoms with Crippen molar-refractivity contribution < 1.29 is 9.66 Å². The van der Waals surface area contributed by atoms with Gasteiger partial charge >= 0.3 is 0 Å². The number of benzene rings is 1. The van der Waals surface area contributed by atoms with E-state index >= 15 is 0 Å². The summed E-state index contributed by atoms with van der Waals surface area (Å²) in [4.78, 5) is 10.3. The number of aryl methyl sites for hydroxylation is 1. The molecule has 0 spiro atoms. The third-order valence-electron chi connectivity index (χ3n) is 2.92. The second-order valence-corrected chi connectivity index (χ2v) is 4.34. The molecule has 2 N–H and O–H groups in total. The van der Waals surface area contributed by atoms with Crippen LogP contribution in [-0.4, -0.2) is 18.1 Å². The smallest absolute Gasteiger partial charge is 0.269 e. The largest absolute Gasteiger partial charge is 0.496 e. The van der Waals surface area contributed by atoms with Gasteiger partial charge < -0.3 is 10.5 Å². The maximum atomic E-state index is 10.7. The molecule has 5 heteroatoms. The molecule has 0 aliphatic heterocycles. The predicted octanol–water partition coefficient (Wildman–Crippen LogP) is 2.66. The van der Waals surface area contributed by atoms with Crippen LogP contribution in [0.1, 0.15) is 31.7 Å². The summed E-state index contributed by atoms with van der Waals surface area (Å²) in [6.07, 6.45) is 3.53. The minimum atomic E-state index is -0.394. The SMILES string of the molecule is CCCC(N)CCc1cc([N+](=O)[O-])ccc1OC. The van der Waals surface area contributed by atoms with Crippen LogP contribution < -0.4 is 10.5 Å². The van der Waals surface area contributed by atoms with Crippen LogP contribution >= 0.6 is 0 Å². The number of methoxy groups -OCH3 is 1. The molecule has 5 nitrogen and oxygen atoms in total. The molecule has 0 aliphatic carbocycles. The van der Waals surface area contributed by atoms with Gasteiger partial charge in [-0.3, -0.25) is 10.1 Å². The van der Waals surface area contributed by atoms with Gasteiger partial charge in [0.05, 0.1) is 12.0 Å². The van der Waals surface area contributed by atoms with Gasteiger partial charge in [-0.05, 0) is 25.3 Å². The van der Waals surface area contributed by atoms with E-state index in [1.54, 1.807) is 19.2 Å². The second kappa shape index (κ2) is 6.96. The highest BCUT2D eigenvalue weighted by Gasteiger charge is 2.12. The number of hydrogen-bond acceptors (Lipinski definition) is 4. The predicted molar refractivity (Wildman–Crippen MR) is 70.9 cm³/mol. The molecule has 0 radical (unpaired) electrons. The Hall–Kier alpha value is -1.62. The summed E-state index contributed by atoms with van der Waals surface area (Å²) in [5.74, 6) is 0.685. The zero-order valence-electron chi connectivity index (χ0n) is 10.9. The summed E-state index contributed by atoms with van der Waals surface area (Å²) in [5, 5.41) is 10.7. The van der Waals surface area contributed by atoms with Crippen molar-refractivity contribution in [1.82, 2.24) is 0 Å². The molecule has 0 aromatic heterocycles. The number of hydrogen-bond donors (Lipinski definition) is 1. The van der Waals surface area contributed by atoms with E-state index in [9.17, 15) is 10.1 Å². The summed E-state index contributed by atoms with van der Waals surface area (Å²) in [6.45, 7) is 2.09. The van der Waals surface area contributed by atoms with E-state index in [1.807, 2.05) is 0 Å². The third-order valence-corrected chi connectivity index (χ3v) is 2.92. The van der Waals surface area contributed by atoms with Crippen LogP contribution in [0.2, 0.25) is 0 Å². The van der Waals surface area contributed by atoms with Crippen LogP contribution in [0.25, 0.3) is 0 Å². The summed E-state index contributed by atoms with van der Waals surface area (Å²) >= 11 is 0. The molecular weight excluding hydrogens is 232 g/mol. The van der Waals surface area contributed by atoms with E-state index in [1.165, 1.54) is 6.07 Å². The van der Waals surface area contributed by atoms with Crippen LogP contribution in [0.3, 0.4) is 0 Å². The van der Waals surface area contributed by atoms with E-state index < -0.39 is 4.92 Å². The summed E-state index contributed by atoms with van der Waals surface area (Å²) < 4.78 is 5.21. The molecular formula is C13H20N2O3. The van der Waals surface area contributed by atoms with Crippen molar-refractivity contribution in [2.75, 3.05) is 7.11 Å². The molecule has 0 saturated heterocycles. The molecule has 1 rings (SSSR count). The molecule has 100 valence electrons. The van der Waals surface area contributed by atoms with E-state index in [0.29, 0.717) is 12.2 Å². The Balaban J connectivity index is 2.78. The summed E-state index contributed by atoms with van der Waals surface area (Å²) in [6, 6.07) is 4.80. The molecule has 0 saturated carbocycles. The molecule has 0 amide bonds. The second-order valence-electron chi connectivity index (χ2n) is 4.34. The van der Waals surface area contributed by atoms with Crippen molar-refractivity contribution in [1.29, 1.82) is 0 Å². The van der Waals surface area contributed by atoms with E-state index in [4.69, 9.17) is 10.5 Å². The van der Waals surface area contributed by atoms with Crippen molar-refractivity contribution in [2.24, 2.45) is 5.73 Å². The van der Waals surface area contributed by atoms with Gasteiger partial charge in [0, 0.05) is 23.7 Å². The fraction of sp³-hybridized carbons (Fsp3) is 0.538. The summed E-state index contributed by atoms with van der Waals surface area (Å²) in [7, 11) is 1.57. The van der Waals surface area contributed by atoms with Crippen LogP contribution in [0.5, 0.6) is 5.75 Å². The van der Waals surface area contributed by atoms with Gasteiger partial charge in [-0.2, -0.15) is 0 Å². The molecule has 0 fully saturated rings. The lowest BCUT2D eigenvalue weighted by Crippen LogP contribution is -2.20. The lowest BCUT2D eigenvalue weighted by Gasteiger charge is -2.12. The minimum Gasteiger partial charge on any atom is -0.496 e. The number of non-ortho nitro benzene ring substituents is 1. The van der Waals surface area contributed by atoms with E-state index in [0.717, 1.165) is 24.8 Å². The average Bonchev–Trinajstić information content (AvgIpc) is 2.36. The number of rotatable bonds is 7.